The third-order valence-corrected chi connectivity index (χ3v) is 6.91. The van der Waals surface area contributed by atoms with Crippen LogP contribution in [0.25, 0.3) is 0 Å². The van der Waals surface area contributed by atoms with Gasteiger partial charge < -0.3 is 19.3 Å². The van der Waals surface area contributed by atoms with Crippen LogP contribution in [0.15, 0.2) is 48.5 Å². The molecule has 0 aliphatic heterocycles. The Morgan fingerprint density at radius 1 is 0.806 bits per heavy atom. The summed E-state index contributed by atoms with van der Waals surface area (Å²) in [5.41, 5.74) is 1.57. The van der Waals surface area contributed by atoms with Gasteiger partial charge in [0, 0.05) is 5.69 Å². The second-order valence-electron chi connectivity index (χ2n) is 9.61. The molecule has 198 valence electrons. The predicted molar refractivity (Wildman–Crippen MR) is 147 cm³/mol. The smallest absolute Gasteiger partial charge is 0.338 e. The molecule has 1 N–H and O–H groups in total. The molecule has 0 aliphatic rings. The molecule has 6 nitrogen and oxygen atoms in total. The van der Waals surface area contributed by atoms with Crippen molar-refractivity contribution in [2.45, 2.75) is 65.7 Å². The quantitative estimate of drug-likeness (QED) is 0.150. The summed E-state index contributed by atoms with van der Waals surface area (Å²) in [4.78, 5) is 25.3. The normalized spacial score (nSPS) is 11.2. The lowest BCUT2D eigenvalue weighted by molar-refractivity contribution is -0.906. The molecule has 0 atom stereocenters. The average molecular weight is 498 g/mol. The van der Waals surface area contributed by atoms with Crippen LogP contribution >= 0.6 is 0 Å². The fourth-order valence-corrected chi connectivity index (χ4v) is 3.89. The molecular formula is C30H45N2O4+. The first-order valence-corrected chi connectivity index (χ1v) is 13.6. The Morgan fingerprint density at radius 3 is 2.11 bits per heavy atom. The fourth-order valence-electron chi connectivity index (χ4n) is 3.89. The highest BCUT2D eigenvalue weighted by Crippen LogP contribution is 2.21. The minimum Gasteiger partial charge on any atom is -0.493 e. The minimum absolute atomic E-state index is 0.239. The summed E-state index contributed by atoms with van der Waals surface area (Å²) >= 11 is 0. The molecule has 0 heterocycles. The van der Waals surface area contributed by atoms with E-state index in [4.69, 9.17) is 9.47 Å². The van der Waals surface area contributed by atoms with Gasteiger partial charge in [-0.25, -0.2) is 4.79 Å². The molecule has 0 fully saturated rings. The van der Waals surface area contributed by atoms with E-state index in [0.717, 1.165) is 37.0 Å². The summed E-state index contributed by atoms with van der Waals surface area (Å²) in [6, 6.07) is 14.1. The highest BCUT2D eigenvalue weighted by Gasteiger charge is 2.18. The Hall–Kier alpha value is -2.86. The van der Waals surface area contributed by atoms with Crippen molar-refractivity contribution in [3.05, 3.63) is 59.7 Å². The van der Waals surface area contributed by atoms with E-state index >= 15 is 0 Å². The van der Waals surface area contributed by atoms with Gasteiger partial charge in [0.05, 0.1) is 37.9 Å². The van der Waals surface area contributed by atoms with Crippen molar-refractivity contribution in [1.82, 2.24) is 0 Å². The number of anilines is 1. The maximum absolute atomic E-state index is 12.9. The number of quaternary nitrogens is 1. The Morgan fingerprint density at radius 2 is 1.44 bits per heavy atom. The van der Waals surface area contributed by atoms with Gasteiger partial charge >= 0.3 is 5.97 Å². The minimum atomic E-state index is -0.351. The monoisotopic (exact) mass is 497 g/mol. The van der Waals surface area contributed by atoms with Crippen molar-refractivity contribution in [2.24, 2.45) is 0 Å². The van der Waals surface area contributed by atoms with Crippen molar-refractivity contribution in [3.8, 4) is 5.75 Å². The topological polar surface area (TPSA) is 64.6 Å². The van der Waals surface area contributed by atoms with Crippen LogP contribution in [-0.4, -0.2) is 56.3 Å². The summed E-state index contributed by atoms with van der Waals surface area (Å²) in [7, 11) is 2.16. The number of hydrogen-bond donors (Lipinski definition) is 1. The van der Waals surface area contributed by atoms with Crippen molar-refractivity contribution >= 4 is 17.6 Å². The van der Waals surface area contributed by atoms with Crippen LogP contribution in [0.5, 0.6) is 5.75 Å². The number of esters is 1. The van der Waals surface area contributed by atoms with Crippen LogP contribution in [-0.2, 0) is 4.74 Å². The molecule has 0 bridgehead atoms. The molecular weight excluding hydrogens is 452 g/mol. The third-order valence-electron chi connectivity index (χ3n) is 6.91. The second kappa shape index (κ2) is 16.0. The van der Waals surface area contributed by atoms with Gasteiger partial charge in [-0.15, -0.1) is 0 Å². The second-order valence-corrected chi connectivity index (χ2v) is 9.61. The first-order chi connectivity index (χ1) is 17.4. The first-order valence-electron chi connectivity index (χ1n) is 13.6. The van der Waals surface area contributed by atoms with Crippen molar-refractivity contribution < 1.29 is 23.5 Å². The van der Waals surface area contributed by atoms with Gasteiger partial charge in [-0.05, 0) is 56.7 Å². The zero-order valence-corrected chi connectivity index (χ0v) is 22.7. The van der Waals surface area contributed by atoms with Crippen molar-refractivity contribution in [3.63, 3.8) is 0 Å². The molecule has 36 heavy (non-hydrogen) atoms. The Kier molecular flexibility index (Phi) is 13.1. The van der Waals surface area contributed by atoms with E-state index in [1.807, 2.05) is 18.2 Å². The molecule has 0 unspecified atom stereocenters. The number of benzene rings is 2. The standard InChI is InChI=1S/C30H44N2O4/c1-5-8-9-10-11-12-15-23-35-28-17-14-13-16-27(28)29(33)31-26-20-18-25(19-21-26)30(34)36-24-22-32(4,6-2)7-3/h13-14,16-21H,5-12,15,22-24H2,1-4H3/p+1. The number of carbonyl (C=O) groups is 2. The van der Waals surface area contributed by atoms with Crippen LogP contribution in [0.2, 0.25) is 0 Å². The number of ether oxygens (including phenoxy) is 2. The number of nitrogens with zero attached hydrogens (tertiary/aromatic N) is 1. The van der Waals surface area contributed by atoms with E-state index in [-0.39, 0.29) is 11.9 Å². The lowest BCUT2D eigenvalue weighted by atomic mass is 10.1. The molecule has 0 aliphatic carbocycles. The van der Waals surface area contributed by atoms with Gasteiger partial charge in [-0.3, -0.25) is 4.79 Å². The number of carbonyl (C=O) groups excluding carboxylic acids is 2. The number of likely N-dealkylation sites (N-methyl/N-ethyl adjacent to an activating group) is 1. The SMILES string of the molecule is CCCCCCCCCOc1ccccc1C(=O)Nc1ccc(C(=O)OCC[N+](C)(CC)CC)cc1. The lowest BCUT2D eigenvalue weighted by Crippen LogP contribution is -2.46. The van der Waals surface area contributed by atoms with Crippen molar-refractivity contribution in [2.75, 3.05) is 45.2 Å². The summed E-state index contributed by atoms with van der Waals surface area (Å²) < 4.78 is 12.2. The number of amides is 1. The lowest BCUT2D eigenvalue weighted by Gasteiger charge is -2.31. The van der Waals surface area contributed by atoms with Crippen LogP contribution in [0.4, 0.5) is 5.69 Å². The van der Waals surface area contributed by atoms with Gasteiger partial charge in [-0.1, -0.05) is 57.6 Å². The zero-order chi connectivity index (χ0) is 26.2. The highest BCUT2D eigenvalue weighted by atomic mass is 16.5. The van der Waals surface area contributed by atoms with Gasteiger partial charge in [-0.2, -0.15) is 0 Å². The molecule has 1 amide bonds. The summed E-state index contributed by atoms with van der Waals surface area (Å²) in [6.07, 6.45) is 8.50. The molecule has 0 saturated heterocycles. The van der Waals surface area contributed by atoms with Gasteiger partial charge in [0.1, 0.15) is 18.9 Å². The molecule has 2 rings (SSSR count). The largest absolute Gasteiger partial charge is 0.493 e. The van der Waals surface area contributed by atoms with Gasteiger partial charge in [0.15, 0.2) is 0 Å². The van der Waals surface area contributed by atoms with Crippen molar-refractivity contribution in [1.29, 1.82) is 0 Å². The maximum Gasteiger partial charge on any atom is 0.338 e. The molecule has 2 aromatic carbocycles. The number of para-hydroxylation sites is 1. The van der Waals surface area contributed by atoms with E-state index in [0.29, 0.717) is 35.8 Å². The molecule has 0 radical (unpaired) electrons. The summed E-state index contributed by atoms with van der Waals surface area (Å²) in [5.74, 6) is -0.00170. The number of unbranched alkanes of at least 4 members (excludes halogenated alkanes) is 6. The molecule has 6 heteroatoms. The Labute approximate surface area is 217 Å². The number of nitrogens with one attached hydrogen (secondary N) is 1. The highest BCUT2D eigenvalue weighted by molar-refractivity contribution is 6.06. The van der Waals surface area contributed by atoms with Crippen LogP contribution in [0, 0.1) is 0 Å². The van der Waals surface area contributed by atoms with E-state index in [1.165, 1.54) is 32.1 Å². The summed E-state index contributed by atoms with van der Waals surface area (Å²) in [5, 5.41) is 2.90. The Balaban J connectivity index is 1.83. The first kappa shape index (κ1) is 29.4. The van der Waals surface area contributed by atoms with Crippen LogP contribution in [0.3, 0.4) is 0 Å². The molecule has 0 saturated carbocycles. The number of rotatable bonds is 17. The third kappa shape index (κ3) is 10.0. The van der Waals surface area contributed by atoms with Gasteiger partial charge in [0.2, 0.25) is 0 Å². The average Bonchev–Trinajstić information content (AvgIpc) is 2.90. The number of hydrogen-bond acceptors (Lipinski definition) is 4. The Bertz CT molecular complexity index is 923. The van der Waals surface area contributed by atoms with E-state index < -0.39 is 0 Å². The fraction of sp³-hybridized carbons (Fsp3) is 0.533. The summed E-state index contributed by atoms with van der Waals surface area (Å²) in [6.45, 7) is 10.3. The van der Waals surface area contributed by atoms with E-state index in [1.54, 1.807) is 30.3 Å². The molecule has 2 aromatic rings. The van der Waals surface area contributed by atoms with E-state index in [2.05, 4.69) is 33.1 Å². The zero-order valence-electron chi connectivity index (χ0n) is 22.7. The van der Waals surface area contributed by atoms with Crippen LogP contribution in [0.1, 0.15) is 86.4 Å². The molecule has 0 spiro atoms. The molecule has 0 aromatic heterocycles. The maximum atomic E-state index is 12.9. The van der Waals surface area contributed by atoms with Crippen LogP contribution < -0.4 is 10.1 Å². The predicted octanol–water partition coefficient (Wildman–Crippen LogP) is 6.71. The van der Waals surface area contributed by atoms with Gasteiger partial charge in [0.25, 0.3) is 5.91 Å². The van der Waals surface area contributed by atoms with E-state index in [9.17, 15) is 9.59 Å².